The molecular formula is C18H26N2O3. The molecule has 1 aromatic carbocycles. The number of aliphatic hydroxyl groups excluding tert-OH is 1. The zero-order valence-electron chi connectivity index (χ0n) is 13.9. The molecule has 1 amide bonds. The Morgan fingerprint density at radius 2 is 1.65 bits per heavy atom. The molecule has 0 spiro atoms. The van der Waals surface area contributed by atoms with Crippen molar-refractivity contribution in [1.82, 2.24) is 4.90 Å². The lowest BCUT2D eigenvalue weighted by Gasteiger charge is -2.35. The van der Waals surface area contributed by atoms with Crippen LogP contribution in [0.2, 0.25) is 0 Å². The molecule has 0 radical (unpaired) electrons. The quantitative estimate of drug-likeness (QED) is 0.905. The van der Waals surface area contributed by atoms with E-state index in [0.29, 0.717) is 13.1 Å². The van der Waals surface area contributed by atoms with E-state index in [1.165, 1.54) is 0 Å². The lowest BCUT2D eigenvalue weighted by Crippen LogP contribution is -2.48. The van der Waals surface area contributed by atoms with Gasteiger partial charge in [0.2, 0.25) is 0 Å². The maximum absolute atomic E-state index is 12.6. The van der Waals surface area contributed by atoms with Crippen LogP contribution in [-0.4, -0.2) is 60.4 Å². The van der Waals surface area contributed by atoms with E-state index in [9.17, 15) is 9.90 Å². The Kier molecular flexibility index (Phi) is 4.87. The van der Waals surface area contributed by atoms with E-state index in [4.69, 9.17) is 4.74 Å². The molecule has 23 heavy (non-hydrogen) atoms. The second-order valence-corrected chi connectivity index (χ2v) is 6.73. The van der Waals surface area contributed by atoms with Crippen molar-refractivity contribution in [3.05, 3.63) is 29.8 Å². The Morgan fingerprint density at radius 1 is 1.09 bits per heavy atom. The molecule has 1 aromatic rings. The lowest BCUT2D eigenvalue weighted by molar-refractivity contribution is -0.0586. The van der Waals surface area contributed by atoms with Gasteiger partial charge in [0.15, 0.2) is 0 Å². The molecule has 0 aliphatic carbocycles. The molecule has 2 aliphatic rings. The van der Waals surface area contributed by atoms with Crippen molar-refractivity contribution in [1.29, 1.82) is 0 Å². The van der Waals surface area contributed by atoms with E-state index in [1.54, 1.807) is 0 Å². The van der Waals surface area contributed by atoms with E-state index < -0.39 is 0 Å². The van der Waals surface area contributed by atoms with Gasteiger partial charge in [-0.2, -0.15) is 0 Å². The summed E-state index contributed by atoms with van der Waals surface area (Å²) in [5.74, 6) is 0.0765. The predicted octanol–water partition coefficient (Wildman–Crippen LogP) is 1.90. The number of aliphatic hydroxyl groups is 1. The molecule has 126 valence electrons. The highest BCUT2D eigenvalue weighted by molar-refractivity contribution is 5.94. The van der Waals surface area contributed by atoms with E-state index in [0.717, 1.165) is 37.2 Å². The summed E-state index contributed by atoms with van der Waals surface area (Å²) >= 11 is 0. The van der Waals surface area contributed by atoms with Crippen LogP contribution >= 0.6 is 0 Å². The fourth-order valence-electron chi connectivity index (χ4n) is 3.47. The third-order valence-electron chi connectivity index (χ3n) is 4.65. The summed E-state index contributed by atoms with van der Waals surface area (Å²) in [6, 6.07) is 7.84. The zero-order valence-corrected chi connectivity index (χ0v) is 13.9. The lowest BCUT2D eigenvalue weighted by atomic mass is 10.1. The molecule has 1 N–H and O–H groups in total. The fraction of sp³-hybridized carbons (Fsp3) is 0.611. The van der Waals surface area contributed by atoms with Gasteiger partial charge in [-0.25, -0.2) is 0 Å². The summed E-state index contributed by atoms with van der Waals surface area (Å²) in [5.41, 5.74) is 1.85. The van der Waals surface area contributed by atoms with Gasteiger partial charge in [0.25, 0.3) is 5.91 Å². The standard InChI is InChI=1S/C18H26N2O3/c1-13-11-20(12-14(2)23-13)18(22)15-3-5-16(6-4-15)19-9-7-17(21)8-10-19/h3-6,13-14,17,21H,7-12H2,1-2H3. The molecule has 5 nitrogen and oxygen atoms in total. The number of piperidine rings is 1. The number of nitrogens with zero attached hydrogens (tertiary/aromatic N) is 2. The molecule has 2 heterocycles. The Labute approximate surface area is 137 Å². The molecule has 2 atom stereocenters. The minimum Gasteiger partial charge on any atom is -0.393 e. The number of hydrogen-bond donors (Lipinski definition) is 1. The van der Waals surface area contributed by atoms with Crippen LogP contribution in [0.5, 0.6) is 0 Å². The molecule has 2 aliphatic heterocycles. The molecule has 5 heteroatoms. The van der Waals surface area contributed by atoms with Crippen LogP contribution in [0.1, 0.15) is 37.0 Å². The Balaban J connectivity index is 1.65. The van der Waals surface area contributed by atoms with Crippen molar-refractivity contribution in [2.45, 2.75) is 45.0 Å². The van der Waals surface area contributed by atoms with Crippen molar-refractivity contribution in [3.63, 3.8) is 0 Å². The number of anilines is 1. The van der Waals surface area contributed by atoms with Crippen molar-refractivity contribution in [2.24, 2.45) is 0 Å². The molecule has 0 bridgehead atoms. The van der Waals surface area contributed by atoms with Crippen molar-refractivity contribution < 1.29 is 14.6 Å². The maximum Gasteiger partial charge on any atom is 0.254 e. The van der Waals surface area contributed by atoms with Crippen LogP contribution in [0, 0.1) is 0 Å². The van der Waals surface area contributed by atoms with Gasteiger partial charge in [0.05, 0.1) is 18.3 Å². The molecule has 3 rings (SSSR count). The molecule has 2 unspecified atom stereocenters. The van der Waals surface area contributed by atoms with Gasteiger partial charge in [0.1, 0.15) is 0 Å². The van der Waals surface area contributed by atoms with Crippen LogP contribution in [0.25, 0.3) is 0 Å². The third kappa shape index (κ3) is 3.85. The average Bonchev–Trinajstić information content (AvgIpc) is 2.54. The fourth-order valence-corrected chi connectivity index (χ4v) is 3.47. The summed E-state index contributed by atoms with van der Waals surface area (Å²) in [5, 5.41) is 9.59. The summed E-state index contributed by atoms with van der Waals surface area (Å²) in [7, 11) is 0. The Bertz CT molecular complexity index is 528. The van der Waals surface area contributed by atoms with Gasteiger partial charge in [-0.1, -0.05) is 0 Å². The number of carbonyl (C=O) groups is 1. The zero-order chi connectivity index (χ0) is 16.4. The first kappa shape index (κ1) is 16.3. The van der Waals surface area contributed by atoms with Crippen LogP contribution in [0.4, 0.5) is 5.69 Å². The largest absolute Gasteiger partial charge is 0.393 e. The number of amides is 1. The van der Waals surface area contributed by atoms with Gasteiger partial charge < -0.3 is 19.6 Å². The van der Waals surface area contributed by atoms with E-state index in [2.05, 4.69) is 4.90 Å². The topological polar surface area (TPSA) is 53.0 Å². The van der Waals surface area contributed by atoms with E-state index >= 15 is 0 Å². The third-order valence-corrected chi connectivity index (χ3v) is 4.65. The Morgan fingerprint density at radius 3 is 2.22 bits per heavy atom. The number of hydrogen-bond acceptors (Lipinski definition) is 4. The van der Waals surface area contributed by atoms with Gasteiger partial charge in [-0.05, 0) is 51.0 Å². The first-order valence-electron chi connectivity index (χ1n) is 8.50. The minimum absolute atomic E-state index is 0.0765. The second kappa shape index (κ2) is 6.89. The molecular weight excluding hydrogens is 292 g/mol. The first-order valence-corrected chi connectivity index (χ1v) is 8.50. The SMILES string of the molecule is CC1CN(C(=O)c2ccc(N3CCC(O)CC3)cc2)CC(C)O1. The van der Waals surface area contributed by atoms with Crippen molar-refractivity contribution in [2.75, 3.05) is 31.1 Å². The number of morpholine rings is 1. The predicted molar refractivity (Wildman–Crippen MR) is 89.8 cm³/mol. The molecule has 2 saturated heterocycles. The highest BCUT2D eigenvalue weighted by Crippen LogP contribution is 2.22. The van der Waals surface area contributed by atoms with Crippen molar-refractivity contribution in [3.8, 4) is 0 Å². The smallest absolute Gasteiger partial charge is 0.254 e. The monoisotopic (exact) mass is 318 g/mol. The van der Waals surface area contributed by atoms with E-state index in [1.807, 2.05) is 43.0 Å². The number of carbonyl (C=O) groups excluding carboxylic acids is 1. The van der Waals surface area contributed by atoms with Gasteiger partial charge in [-0.15, -0.1) is 0 Å². The summed E-state index contributed by atoms with van der Waals surface area (Å²) in [4.78, 5) is 16.8. The van der Waals surface area contributed by atoms with Gasteiger partial charge in [0, 0.05) is 37.4 Å². The summed E-state index contributed by atoms with van der Waals surface area (Å²) in [6.45, 7) is 7.04. The Hall–Kier alpha value is -1.59. The van der Waals surface area contributed by atoms with Crippen LogP contribution in [0.3, 0.4) is 0 Å². The summed E-state index contributed by atoms with van der Waals surface area (Å²) in [6.07, 6.45) is 1.62. The minimum atomic E-state index is -0.169. The number of benzene rings is 1. The van der Waals surface area contributed by atoms with Crippen LogP contribution < -0.4 is 4.90 Å². The van der Waals surface area contributed by atoms with Crippen LogP contribution in [-0.2, 0) is 4.74 Å². The average molecular weight is 318 g/mol. The highest BCUT2D eigenvalue weighted by atomic mass is 16.5. The highest BCUT2D eigenvalue weighted by Gasteiger charge is 2.26. The first-order chi connectivity index (χ1) is 11.0. The van der Waals surface area contributed by atoms with Crippen LogP contribution in [0.15, 0.2) is 24.3 Å². The normalized spacial score (nSPS) is 26.4. The molecule has 0 aromatic heterocycles. The van der Waals surface area contributed by atoms with E-state index in [-0.39, 0.29) is 24.2 Å². The van der Waals surface area contributed by atoms with Gasteiger partial charge >= 0.3 is 0 Å². The molecule has 0 saturated carbocycles. The summed E-state index contributed by atoms with van der Waals surface area (Å²) < 4.78 is 5.69. The molecule has 2 fully saturated rings. The van der Waals surface area contributed by atoms with Gasteiger partial charge in [-0.3, -0.25) is 4.79 Å². The maximum atomic E-state index is 12.6. The second-order valence-electron chi connectivity index (χ2n) is 6.73. The number of rotatable bonds is 2. The van der Waals surface area contributed by atoms with Crippen molar-refractivity contribution >= 4 is 11.6 Å². The number of ether oxygens (including phenoxy) is 1.